The molecule has 0 amide bonds. The van der Waals surface area contributed by atoms with E-state index in [1.54, 1.807) is 36.4 Å². The zero-order chi connectivity index (χ0) is 29.5. The molecule has 3 aromatic rings. The van der Waals surface area contributed by atoms with Crippen LogP contribution in [0.15, 0.2) is 59.4 Å². The third-order valence-corrected chi connectivity index (χ3v) is 6.85. The molecule has 0 bridgehead atoms. The van der Waals surface area contributed by atoms with Gasteiger partial charge >= 0.3 is 12.1 Å². The molecular weight excluding hydrogens is 532 g/mol. The average Bonchev–Trinajstić information content (AvgIpc) is 3.43. The zero-order valence-corrected chi connectivity index (χ0v) is 22.5. The third kappa shape index (κ3) is 6.70. The number of alkyl halides is 3. The van der Waals surface area contributed by atoms with Crippen molar-refractivity contribution < 1.29 is 37.3 Å². The topological polar surface area (TPSA) is 90.7 Å². The van der Waals surface area contributed by atoms with E-state index in [-0.39, 0.29) is 18.8 Å². The number of halogens is 4. The van der Waals surface area contributed by atoms with Crippen LogP contribution in [0.5, 0.6) is 5.75 Å². The van der Waals surface area contributed by atoms with Gasteiger partial charge in [-0.2, -0.15) is 18.3 Å². The number of nitrogens with zero attached hydrogens (tertiary/aromatic N) is 2. The smallest absolute Gasteiger partial charge is 0.416 e. The van der Waals surface area contributed by atoms with Gasteiger partial charge in [0.25, 0.3) is 5.43 Å². The molecule has 7 nitrogen and oxygen atoms in total. The Hall–Kier alpha value is -3.73. The average molecular weight is 565 g/mol. The molecule has 1 heterocycles. The lowest BCUT2D eigenvalue weighted by Crippen LogP contribution is -2.35. The Morgan fingerprint density at radius 1 is 1.10 bits per heavy atom. The van der Waals surface area contributed by atoms with Crippen LogP contribution in [0, 0.1) is 0 Å². The summed E-state index contributed by atoms with van der Waals surface area (Å²) >= 11 is 0. The van der Waals surface area contributed by atoms with Crippen molar-refractivity contribution in [2.45, 2.75) is 77.3 Å². The zero-order valence-electron chi connectivity index (χ0n) is 22.5. The van der Waals surface area contributed by atoms with Crippen molar-refractivity contribution >= 4 is 5.97 Å². The maximum absolute atomic E-state index is 13.5. The summed E-state index contributed by atoms with van der Waals surface area (Å²) in [6, 6.07) is 13.7. The Labute approximate surface area is 229 Å². The second-order valence-electron chi connectivity index (χ2n) is 9.43. The summed E-state index contributed by atoms with van der Waals surface area (Å²) < 4.78 is 60.3. The summed E-state index contributed by atoms with van der Waals surface area (Å²) in [6.45, 7) is 5.16. The van der Waals surface area contributed by atoms with Gasteiger partial charge in [0.2, 0.25) is 5.69 Å². The second-order valence-corrected chi connectivity index (χ2v) is 9.43. The molecule has 0 radical (unpaired) electrons. The first-order valence-corrected chi connectivity index (χ1v) is 13.1. The van der Waals surface area contributed by atoms with E-state index < -0.39 is 46.1 Å². The second kappa shape index (κ2) is 13.1. The van der Waals surface area contributed by atoms with E-state index in [2.05, 4.69) is 10.0 Å². The summed E-state index contributed by atoms with van der Waals surface area (Å²) in [7, 11) is 0. The Morgan fingerprint density at radius 3 is 2.33 bits per heavy atom. The Kier molecular flexibility index (Phi) is 10.1. The van der Waals surface area contributed by atoms with Crippen LogP contribution in [0.1, 0.15) is 85.4 Å². The third-order valence-electron chi connectivity index (χ3n) is 6.85. The maximum Gasteiger partial charge on any atom is 0.416 e. The highest BCUT2D eigenvalue weighted by Gasteiger charge is 2.40. The van der Waals surface area contributed by atoms with Gasteiger partial charge in [0.15, 0.2) is 5.75 Å². The van der Waals surface area contributed by atoms with Crippen LogP contribution < -0.4 is 10.2 Å². The first-order chi connectivity index (χ1) is 19.1. The van der Waals surface area contributed by atoms with Crippen molar-refractivity contribution in [2.75, 3.05) is 0 Å². The van der Waals surface area contributed by atoms with Crippen molar-refractivity contribution in [3.8, 4) is 5.75 Å². The summed E-state index contributed by atoms with van der Waals surface area (Å²) in [5, 5.41) is 14.7. The predicted octanol–water partition coefficient (Wildman–Crippen LogP) is 6.47. The number of ether oxygens (including phenoxy) is 1. The minimum absolute atomic E-state index is 0.0837. The fraction of sp³-hybridized carbons (Fsp3) is 0.414. The Morgan fingerprint density at radius 2 is 1.75 bits per heavy atom. The van der Waals surface area contributed by atoms with Crippen LogP contribution >= 0.6 is 0 Å². The molecule has 1 saturated carbocycles. The van der Waals surface area contributed by atoms with E-state index in [0.717, 1.165) is 29.7 Å². The standard InChI is InChI=1S/C27H26F4N2O5.C2H6/c1-17(34)22-24(37-15-18-8-3-2-4-9-18)23(35)21(25(36)38-31)32-33(22)16-26(12-5-6-13-26)19-10-7-11-20(14-19)27(28,29)30;1-2/h2-4,7-11,14,17,34H,5-6,12-13,15-16H2,1H3;1-2H3. The fourth-order valence-corrected chi connectivity index (χ4v) is 5.03. The van der Waals surface area contributed by atoms with E-state index in [1.807, 2.05) is 13.8 Å². The Balaban J connectivity index is 0.00000216. The minimum Gasteiger partial charge on any atom is -0.483 e. The van der Waals surface area contributed by atoms with Crippen molar-refractivity contribution in [1.29, 1.82) is 0 Å². The largest absolute Gasteiger partial charge is 0.483 e. The van der Waals surface area contributed by atoms with Crippen LogP contribution in [0.3, 0.4) is 0 Å². The number of aliphatic hydroxyl groups excluding tert-OH is 1. The molecule has 1 aromatic heterocycles. The van der Waals surface area contributed by atoms with Crippen LogP contribution in [0.4, 0.5) is 17.7 Å². The summed E-state index contributed by atoms with van der Waals surface area (Å²) in [6.07, 6.45) is -3.45. The molecule has 0 aliphatic heterocycles. The van der Waals surface area contributed by atoms with Crippen molar-refractivity contribution in [2.24, 2.45) is 0 Å². The molecule has 0 spiro atoms. The van der Waals surface area contributed by atoms with Crippen LogP contribution in [0.25, 0.3) is 0 Å². The summed E-state index contributed by atoms with van der Waals surface area (Å²) in [5.74, 6) is -2.07. The fourth-order valence-electron chi connectivity index (χ4n) is 5.03. The number of aromatic nitrogens is 2. The van der Waals surface area contributed by atoms with Gasteiger partial charge in [0.1, 0.15) is 12.3 Å². The van der Waals surface area contributed by atoms with Crippen molar-refractivity contribution in [1.82, 2.24) is 9.78 Å². The SMILES string of the molecule is CC.CC(O)c1c(OCc2ccccc2)c(=O)c(C(=O)OF)nn1CC1(c2cccc(C(F)(F)F)c2)CCCC1. The van der Waals surface area contributed by atoms with Gasteiger partial charge < -0.3 is 9.84 Å². The molecule has 4 rings (SSSR count). The number of hydrogen-bond acceptors (Lipinski definition) is 6. The number of benzene rings is 2. The molecule has 1 atom stereocenters. The molecule has 1 aliphatic rings. The quantitative estimate of drug-likeness (QED) is 0.315. The van der Waals surface area contributed by atoms with E-state index in [0.29, 0.717) is 24.0 Å². The van der Waals surface area contributed by atoms with Gasteiger partial charge in [-0.3, -0.25) is 9.48 Å². The highest BCUT2D eigenvalue weighted by molar-refractivity contribution is 5.86. The van der Waals surface area contributed by atoms with Crippen molar-refractivity contribution in [3.63, 3.8) is 0 Å². The minimum atomic E-state index is -4.55. The van der Waals surface area contributed by atoms with Gasteiger partial charge in [-0.15, -0.1) is 0 Å². The van der Waals surface area contributed by atoms with Crippen LogP contribution in [-0.4, -0.2) is 20.9 Å². The van der Waals surface area contributed by atoms with Gasteiger partial charge in [-0.05, 0) is 37.0 Å². The molecule has 216 valence electrons. The molecule has 1 aliphatic carbocycles. The molecule has 40 heavy (non-hydrogen) atoms. The van der Waals surface area contributed by atoms with E-state index in [9.17, 15) is 32.4 Å². The summed E-state index contributed by atoms with van der Waals surface area (Å²) in [4.78, 5) is 28.5. The number of carbonyl (C=O) groups is 1. The number of carbonyl (C=O) groups excluding carboxylic acids is 1. The number of hydrogen-bond donors (Lipinski definition) is 1. The van der Waals surface area contributed by atoms with E-state index in [1.165, 1.54) is 13.0 Å². The van der Waals surface area contributed by atoms with Gasteiger partial charge in [-0.25, -0.2) is 9.74 Å². The molecule has 1 fully saturated rings. The first kappa shape index (κ1) is 30.8. The molecule has 0 saturated heterocycles. The normalized spacial score (nSPS) is 15.1. The summed E-state index contributed by atoms with van der Waals surface area (Å²) in [5.41, 5.74) is -2.65. The monoisotopic (exact) mass is 564 g/mol. The Bertz CT molecular complexity index is 1350. The van der Waals surface area contributed by atoms with Gasteiger partial charge in [0.05, 0.1) is 18.2 Å². The van der Waals surface area contributed by atoms with E-state index >= 15 is 0 Å². The lowest BCUT2D eigenvalue weighted by molar-refractivity contribution is -0.137. The van der Waals surface area contributed by atoms with Gasteiger partial charge in [-0.1, -0.05) is 75.2 Å². The number of rotatable bonds is 8. The lowest BCUT2D eigenvalue weighted by Gasteiger charge is -2.32. The predicted molar refractivity (Wildman–Crippen MR) is 139 cm³/mol. The molecule has 2 aromatic carbocycles. The van der Waals surface area contributed by atoms with Crippen molar-refractivity contribution in [3.05, 3.63) is 92.9 Å². The maximum atomic E-state index is 13.5. The van der Waals surface area contributed by atoms with Crippen LogP contribution in [0.2, 0.25) is 0 Å². The van der Waals surface area contributed by atoms with E-state index in [4.69, 9.17) is 4.74 Å². The number of aliphatic hydroxyl groups is 1. The van der Waals surface area contributed by atoms with Gasteiger partial charge in [0, 0.05) is 9.94 Å². The molecule has 1 N–H and O–H groups in total. The highest BCUT2D eigenvalue weighted by atomic mass is 19.4. The molecule has 11 heteroatoms. The molecule has 1 unspecified atom stereocenters. The van der Waals surface area contributed by atoms with Crippen LogP contribution in [-0.2, 0) is 29.7 Å². The molecular formula is C29H32F4N2O5. The highest BCUT2D eigenvalue weighted by Crippen LogP contribution is 2.44. The first-order valence-electron chi connectivity index (χ1n) is 13.1. The lowest BCUT2D eigenvalue weighted by atomic mass is 9.78.